The molecule has 0 aliphatic rings. The first-order chi connectivity index (χ1) is 8.52. The molecule has 1 aromatic heterocycles. The van der Waals surface area contributed by atoms with E-state index in [1.54, 1.807) is 6.20 Å². The van der Waals surface area contributed by atoms with Gasteiger partial charge >= 0.3 is 5.97 Å². The average Bonchev–Trinajstić information content (AvgIpc) is 2.34. The molecule has 0 aromatic carbocycles. The van der Waals surface area contributed by atoms with E-state index in [9.17, 15) is 9.59 Å². The number of hydrogen-bond acceptors (Lipinski definition) is 3. The number of aromatic nitrogens is 1. The Morgan fingerprint density at radius 2 is 2.17 bits per heavy atom. The Balaban J connectivity index is 2.74. The third-order valence-corrected chi connectivity index (χ3v) is 2.35. The lowest BCUT2D eigenvalue weighted by Gasteiger charge is -2.03. The van der Waals surface area contributed by atoms with Gasteiger partial charge in [-0.05, 0) is 24.1 Å². The number of aryl methyl sites for hydroxylation is 1. The molecule has 5 nitrogen and oxygen atoms in total. The zero-order chi connectivity index (χ0) is 13.5. The van der Waals surface area contributed by atoms with E-state index >= 15 is 0 Å². The molecule has 2 N–H and O–H groups in total. The van der Waals surface area contributed by atoms with E-state index < -0.39 is 11.9 Å². The predicted molar refractivity (Wildman–Crippen MR) is 66.9 cm³/mol. The molecule has 18 heavy (non-hydrogen) atoms. The number of carbonyl (C=O) groups excluding carboxylic acids is 1. The van der Waals surface area contributed by atoms with E-state index in [0.29, 0.717) is 6.42 Å². The quantitative estimate of drug-likeness (QED) is 0.769. The molecule has 1 aromatic rings. The molecule has 0 saturated carbocycles. The van der Waals surface area contributed by atoms with Crippen LogP contribution in [0.25, 0.3) is 0 Å². The fourth-order valence-electron chi connectivity index (χ4n) is 1.37. The van der Waals surface area contributed by atoms with Crippen LogP contribution in [-0.2, 0) is 22.4 Å². The Hall–Kier alpha value is -2.17. The fourth-order valence-corrected chi connectivity index (χ4v) is 1.37. The van der Waals surface area contributed by atoms with Gasteiger partial charge in [-0.1, -0.05) is 13.0 Å². The minimum atomic E-state index is -1.16. The van der Waals surface area contributed by atoms with E-state index in [-0.39, 0.29) is 5.70 Å². The van der Waals surface area contributed by atoms with Gasteiger partial charge in [-0.15, -0.1) is 0 Å². The molecule has 0 atom stereocenters. The van der Waals surface area contributed by atoms with Crippen LogP contribution in [0.3, 0.4) is 0 Å². The van der Waals surface area contributed by atoms with Crippen molar-refractivity contribution in [3.8, 4) is 0 Å². The first-order valence-corrected chi connectivity index (χ1v) is 5.67. The third-order valence-electron chi connectivity index (χ3n) is 2.35. The Labute approximate surface area is 106 Å². The molecular formula is C13H16N2O3. The van der Waals surface area contributed by atoms with Crippen molar-refractivity contribution < 1.29 is 14.7 Å². The third kappa shape index (κ3) is 4.37. The van der Waals surface area contributed by atoms with Crippen molar-refractivity contribution in [1.29, 1.82) is 0 Å². The second-order valence-electron chi connectivity index (χ2n) is 3.82. The van der Waals surface area contributed by atoms with E-state index in [0.717, 1.165) is 17.7 Å². The van der Waals surface area contributed by atoms with Crippen LogP contribution in [0, 0.1) is 0 Å². The van der Waals surface area contributed by atoms with Gasteiger partial charge < -0.3 is 10.4 Å². The maximum Gasteiger partial charge on any atom is 0.352 e. The summed E-state index contributed by atoms with van der Waals surface area (Å²) in [6.45, 7) is 3.31. The number of pyridine rings is 1. The van der Waals surface area contributed by atoms with Crippen LogP contribution in [0.1, 0.15) is 25.1 Å². The van der Waals surface area contributed by atoms with Crippen molar-refractivity contribution >= 4 is 11.9 Å². The molecule has 0 bridgehead atoms. The summed E-state index contributed by atoms with van der Waals surface area (Å²) in [4.78, 5) is 25.9. The zero-order valence-corrected chi connectivity index (χ0v) is 10.4. The van der Waals surface area contributed by atoms with Crippen molar-refractivity contribution in [2.45, 2.75) is 26.7 Å². The highest BCUT2D eigenvalue weighted by atomic mass is 16.4. The summed E-state index contributed by atoms with van der Waals surface area (Å²) >= 11 is 0. The first kappa shape index (κ1) is 13.9. The van der Waals surface area contributed by atoms with Crippen molar-refractivity contribution in [1.82, 2.24) is 10.3 Å². The standard InChI is InChI=1S/C13H16N2O3/c1-3-10-4-5-11(14-8-10)6-7-12(13(17)18)15-9(2)16/h4-5,7-8H,3,6H2,1-2H3,(H,15,16)(H,17,18)/b12-7+. The summed E-state index contributed by atoms with van der Waals surface area (Å²) in [6.07, 6.45) is 4.49. The highest BCUT2D eigenvalue weighted by Gasteiger charge is 2.08. The van der Waals surface area contributed by atoms with Crippen LogP contribution < -0.4 is 5.32 Å². The maximum absolute atomic E-state index is 10.9. The molecule has 1 heterocycles. The zero-order valence-electron chi connectivity index (χ0n) is 10.4. The second-order valence-corrected chi connectivity index (χ2v) is 3.82. The smallest absolute Gasteiger partial charge is 0.352 e. The largest absolute Gasteiger partial charge is 0.477 e. The average molecular weight is 248 g/mol. The molecule has 96 valence electrons. The van der Waals surface area contributed by atoms with E-state index in [1.165, 1.54) is 13.0 Å². The van der Waals surface area contributed by atoms with Gasteiger partial charge in [-0.25, -0.2) is 4.79 Å². The molecular weight excluding hydrogens is 232 g/mol. The predicted octanol–water partition coefficient (Wildman–Crippen LogP) is 1.29. The number of allylic oxidation sites excluding steroid dienone is 1. The minimum Gasteiger partial charge on any atom is -0.477 e. The van der Waals surface area contributed by atoms with Gasteiger partial charge in [0.15, 0.2) is 0 Å². The molecule has 0 aliphatic heterocycles. The van der Waals surface area contributed by atoms with Gasteiger partial charge in [0, 0.05) is 25.2 Å². The van der Waals surface area contributed by atoms with Gasteiger partial charge in [0.1, 0.15) is 5.70 Å². The second kappa shape index (κ2) is 6.54. The summed E-state index contributed by atoms with van der Waals surface area (Å²) in [5, 5.41) is 11.1. The molecule has 1 rings (SSSR count). The highest BCUT2D eigenvalue weighted by molar-refractivity contribution is 5.91. The number of carboxylic acids is 1. The number of amides is 1. The van der Waals surface area contributed by atoms with Crippen LogP contribution in [0.4, 0.5) is 0 Å². The molecule has 0 spiro atoms. The number of rotatable bonds is 5. The summed E-state index contributed by atoms with van der Waals surface area (Å²) in [5.41, 5.74) is 1.77. The molecule has 0 unspecified atom stereocenters. The lowest BCUT2D eigenvalue weighted by atomic mass is 10.2. The van der Waals surface area contributed by atoms with E-state index in [1.807, 2.05) is 19.1 Å². The van der Waals surface area contributed by atoms with Crippen LogP contribution in [0.5, 0.6) is 0 Å². The number of carbonyl (C=O) groups is 2. The molecule has 0 fully saturated rings. The normalized spacial score (nSPS) is 11.1. The summed E-state index contributed by atoms with van der Waals surface area (Å²) in [5.74, 6) is -1.56. The van der Waals surface area contributed by atoms with Crippen LogP contribution in [-0.4, -0.2) is 22.0 Å². The Morgan fingerprint density at radius 1 is 1.44 bits per heavy atom. The fraction of sp³-hybridized carbons (Fsp3) is 0.308. The maximum atomic E-state index is 10.9. The van der Waals surface area contributed by atoms with Gasteiger partial charge in [0.05, 0.1) is 0 Å². The van der Waals surface area contributed by atoms with Gasteiger partial charge in [0.2, 0.25) is 5.91 Å². The van der Waals surface area contributed by atoms with E-state index in [2.05, 4.69) is 10.3 Å². The van der Waals surface area contributed by atoms with Crippen molar-refractivity contribution in [3.63, 3.8) is 0 Å². The lowest BCUT2D eigenvalue weighted by Crippen LogP contribution is -2.24. The van der Waals surface area contributed by atoms with Gasteiger partial charge in [-0.3, -0.25) is 9.78 Å². The number of nitrogens with zero attached hydrogens (tertiary/aromatic N) is 1. The Bertz CT molecular complexity index is 464. The van der Waals surface area contributed by atoms with Crippen LogP contribution in [0.15, 0.2) is 30.1 Å². The highest BCUT2D eigenvalue weighted by Crippen LogP contribution is 2.03. The van der Waals surface area contributed by atoms with Gasteiger partial charge in [0.25, 0.3) is 0 Å². The van der Waals surface area contributed by atoms with Crippen molar-refractivity contribution in [2.75, 3.05) is 0 Å². The molecule has 5 heteroatoms. The number of aliphatic carboxylic acids is 1. The minimum absolute atomic E-state index is 0.121. The molecule has 0 aliphatic carbocycles. The molecule has 0 radical (unpaired) electrons. The van der Waals surface area contributed by atoms with Crippen molar-refractivity contribution in [3.05, 3.63) is 41.4 Å². The number of carboxylic acid groups (broad SMARTS) is 1. The summed E-state index contributed by atoms with van der Waals surface area (Å²) < 4.78 is 0. The molecule has 0 saturated heterocycles. The number of hydrogen-bond donors (Lipinski definition) is 2. The summed E-state index contributed by atoms with van der Waals surface area (Å²) in [6, 6.07) is 3.80. The Kier molecular flexibility index (Phi) is 5.05. The van der Waals surface area contributed by atoms with Crippen molar-refractivity contribution in [2.24, 2.45) is 0 Å². The topological polar surface area (TPSA) is 79.3 Å². The van der Waals surface area contributed by atoms with Crippen LogP contribution >= 0.6 is 0 Å². The SMILES string of the molecule is CCc1ccc(C/C=C(/NC(C)=O)C(=O)O)nc1. The molecule has 1 amide bonds. The first-order valence-electron chi connectivity index (χ1n) is 5.67. The monoisotopic (exact) mass is 248 g/mol. The summed E-state index contributed by atoms with van der Waals surface area (Å²) in [7, 11) is 0. The van der Waals surface area contributed by atoms with Gasteiger partial charge in [-0.2, -0.15) is 0 Å². The van der Waals surface area contributed by atoms with E-state index in [4.69, 9.17) is 5.11 Å². The van der Waals surface area contributed by atoms with Crippen LogP contribution in [0.2, 0.25) is 0 Å². The lowest BCUT2D eigenvalue weighted by molar-refractivity contribution is -0.134. The Morgan fingerprint density at radius 3 is 2.61 bits per heavy atom. The number of nitrogens with one attached hydrogen (secondary N) is 1.